The molecule has 0 spiro atoms. The summed E-state index contributed by atoms with van der Waals surface area (Å²) in [6.45, 7) is 2.05. The maximum atomic E-state index is 13.9. The molecule has 0 aliphatic rings. The van der Waals surface area contributed by atoms with Gasteiger partial charge in [-0.25, -0.2) is 4.39 Å². The van der Waals surface area contributed by atoms with E-state index < -0.39 is 0 Å². The van der Waals surface area contributed by atoms with E-state index in [9.17, 15) is 4.39 Å². The predicted octanol–water partition coefficient (Wildman–Crippen LogP) is 4.20. The zero-order chi connectivity index (χ0) is 13.1. The lowest BCUT2D eigenvalue weighted by Crippen LogP contribution is -1.87. The maximum Gasteiger partial charge on any atom is 0.150 e. The Morgan fingerprint density at radius 1 is 1.44 bits per heavy atom. The first-order valence-corrected chi connectivity index (χ1v) is 7.20. The van der Waals surface area contributed by atoms with Crippen LogP contribution >= 0.6 is 27.3 Å². The molecular formula is C12H12BrFN2OS. The van der Waals surface area contributed by atoms with Crippen LogP contribution in [0.1, 0.15) is 23.2 Å². The summed E-state index contributed by atoms with van der Waals surface area (Å²) in [7, 11) is 1.51. The van der Waals surface area contributed by atoms with Gasteiger partial charge in [0, 0.05) is 11.6 Å². The van der Waals surface area contributed by atoms with Gasteiger partial charge in [0.2, 0.25) is 0 Å². The van der Waals surface area contributed by atoms with Gasteiger partial charge >= 0.3 is 0 Å². The van der Waals surface area contributed by atoms with Crippen LogP contribution in [0.2, 0.25) is 0 Å². The van der Waals surface area contributed by atoms with Gasteiger partial charge in [0.1, 0.15) is 16.6 Å². The number of methoxy groups -OCH3 is 1. The maximum absolute atomic E-state index is 13.9. The van der Waals surface area contributed by atoms with Gasteiger partial charge in [-0.1, -0.05) is 34.2 Å². The minimum absolute atomic E-state index is 0.171. The smallest absolute Gasteiger partial charge is 0.150 e. The highest BCUT2D eigenvalue weighted by molar-refractivity contribution is 9.09. The predicted molar refractivity (Wildman–Crippen MR) is 73.8 cm³/mol. The first kappa shape index (κ1) is 13.4. The Morgan fingerprint density at radius 2 is 2.22 bits per heavy atom. The van der Waals surface area contributed by atoms with Gasteiger partial charge in [-0.3, -0.25) is 0 Å². The zero-order valence-electron chi connectivity index (χ0n) is 9.98. The molecule has 1 aromatic carbocycles. The van der Waals surface area contributed by atoms with Crippen LogP contribution in [0.5, 0.6) is 5.75 Å². The number of hydrogen-bond donors (Lipinski definition) is 0. The number of aromatic nitrogens is 2. The molecule has 0 fully saturated rings. The first-order chi connectivity index (χ1) is 8.65. The van der Waals surface area contributed by atoms with Crippen molar-refractivity contribution in [1.29, 1.82) is 0 Å². The highest BCUT2D eigenvalue weighted by atomic mass is 79.9. The third kappa shape index (κ3) is 2.70. The molecule has 0 saturated heterocycles. The summed E-state index contributed by atoms with van der Waals surface area (Å²) in [6, 6.07) is 4.72. The highest BCUT2D eigenvalue weighted by Crippen LogP contribution is 2.34. The standard InChI is InChI=1S/C12H12BrFN2OS/c1-3-9(13)12-16-15-11(18-12)8-5-4-7(17-2)6-10(8)14/h4-6,9H,3H2,1-2H3. The Kier molecular flexibility index (Phi) is 4.29. The minimum atomic E-state index is -0.348. The van der Waals surface area contributed by atoms with Crippen LogP contribution in [-0.2, 0) is 0 Å². The van der Waals surface area contributed by atoms with Crippen molar-refractivity contribution in [2.75, 3.05) is 7.11 Å². The molecule has 6 heteroatoms. The van der Waals surface area contributed by atoms with E-state index in [4.69, 9.17) is 4.74 Å². The van der Waals surface area contributed by atoms with Crippen LogP contribution in [0, 0.1) is 5.82 Å². The third-order valence-electron chi connectivity index (χ3n) is 2.47. The fourth-order valence-electron chi connectivity index (χ4n) is 1.44. The molecule has 1 unspecified atom stereocenters. The number of nitrogens with zero attached hydrogens (tertiary/aromatic N) is 2. The van der Waals surface area contributed by atoms with E-state index in [1.165, 1.54) is 24.5 Å². The Hall–Kier alpha value is -1.01. The first-order valence-electron chi connectivity index (χ1n) is 5.47. The van der Waals surface area contributed by atoms with Crippen molar-refractivity contribution < 1.29 is 9.13 Å². The van der Waals surface area contributed by atoms with Crippen LogP contribution in [-0.4, -0.2) is 17.3 Å². The summed E-state index contributed by atoms with van der Waals surface area (Å²) in [5.74, 6) is 0.146. The largest absolute Gasteiger partial charge is 0.497 e. The number of alkyl halides is 1. The summed E-state index contributed by atoms with van der Waals surface area (Å²) >= 11 is 4.90. The van der Waals surface area contributed by atoms with E-state index in [1.54, 1.807) is 12.1 Å². The van der Waals surface area contributed by atoms with E-state index in [2.05, 4.69) is 33.1 Å². The van der Waals surface area contributed by atoms with Gasteiger partial charge in [0.15, 0.2) is 5.01 Å². The molecule has 0 aliphatic carbocycles. The van der Waals surface area contributed by atoms with Crippen molar-refractivity contribution in [1.82, 2.24) is 10.2 Å². The zero-order valence-corrected chi connectivity index (χ0v) is 12.4. The quantitative estimate of drug-likeness (QED) is 0.788. The summed E-state index contributed by atoms with van der Waals surface area (Å²) in [5.41, 5.74) is 0.454. The molecule has 1 atom stereocenters. The number of rotatable bonds is 4. The van der Waals surface area contributed by atoms with Gasteiger partial charge in [-0.2, -0.15) is 0 Å². The summed E-state index contributed by atoms with van der Waals surface area (Å²) < 4.78 is 18.8. The molecule has 0 aliphatic heterocycles. The second kappa shape index (κ2) is 5.75. The molecule has 18 heavy (non-hydrogen) atoms. The molecular weight excluding hydrogens is 319 g/mol. The molecule has 2 rings (SSSR count). The van der Waals surface area contributed by atoms with Gasteiger partial charge in [0.05, 0.1) is 11.9 Å². The second-order valence-electron chi connectivity index (χ2n) is 3.67. The SMILES string of the molecule is CCC(Br)c1nnc(-c2ccc(OC)cc2F)s1. The van der Waals surface area contributed by atoms with Crippen molar-refractivity contribution in [3.05, 3.63) is 29.0 Å². The molecule has 96 valence electrons. The van der Waals surface area contributed by atoms with E-state index in [0.717, 1.165) is 11.4 Å². The van der Waals surface area contributed by atoms with E-state index in [-0.39, 0.29) is 10.6 Å². The second-order valence-corrected chi connectivity index (χ2v) is 5.78. The molecule has 3 nitrogen and oxygen atoms in total. The minimum Gasteiger partial charge on any atom is -0.497 e. The average Bonchev–Trinajstić information content (AvgIpc) is 2.87. The summed E-state index contributed by atoms with van der Waals surface area (Å²) in [5, 5.41) is 9.55. The molecule has 0 N–H and O–H groups in total. The lowest BCUT2D eigenvalue weighted by Gasteiger charge is -2.02. The number of ether oxygens (including phenoxy) is 1. The summed E-state index contributed by atoms with van der Waals surface area (Å²) in [4.78, 5) is 0.171. The molecule has 2 aromatic rings. The van der Waals surface area contributed by atoms with Crippen molar-refractivity contribution in [2.45, 2.75) is 18.2 Å². The van der Waals surface area contributed by atoms with Gasteiger partial charge in [0.25, 0.3) is 0 Å². The van der Waals surface area contributed by atoms with Crippen LogP contribution < -0.4 is 4.74 Å². The van der Waals surface area contributed by atoms with Gasteiger partial charge in [-0.15, -0.1) is 10.2 Å². The Labute approximate surface area is 117 Å². The average molecular weight is 331 g/mol. The number of halogens is 2. The lowest BCUT2D eigenvalue weighted by molar-refractivity contribution is 0.411. The fourth-order valence-corrected chi connectivity index (χ4v) is 2.74. The molecule has 0 bridgehead atoms. The highest BCUT2D eigenvalue weighted by Gasteiger charge is 2.15. The van der Waals surface area contributed by atoms with Crippen molar-refractivity contribution in [2.24, 2.45) is 0 Å². The molecule has 1 heterocycles. The fraction of sp³-hybridized carbons (Fsp3) is 0.333. The topological polar surface area (TPSA) is 35.0 Å². The van der Waals surface area contributed by atoms with E-state index in [0.29, 0.717) is 16.3 Å². The number of benzene rings is 1. The Morgan fingerprint density at radius 3 is 2.83 bits per heavy atom. The van der Waals surface area contributed by atoms with Crippen LogP contribution in [0.4, 0.5) is 4.39 Å². The van der Waals surface area contributed by atoms with Crippen LogP contribution in [0.15, 0.2) is 18.2 Å². The van der Waals surface area contributed by atoms with E-state index in [1.807, 2.05) is 0 Å². The van der Waals surface area contributed by atoms with Gasteiger partial charge in [-0.05, 0) is 18.6 Å². The van der Waals surface area contributed by atoms with Crippen LogP contribution in [0.3, 0.4) is 0 Å². The normalized spacial score (nSPS) is 12.4. The van der Waals surface area contributed by atoms with Crippen LogP contribution in [0.25, 0.3) is 10.6 Å². The molecule has 0 radical (unpaired) electrons. The monoisotopic (exact) mass is 330 g/mol. The molecule has 0 saturated carbocycles. The Bertz CT molecular complexity index is 547. The van der Waals surface area contributed by atoms with Crippen molar-refractivity contribution in [3.8, 4) is 16.3 Å². The number of hydrogen-bond acceptors (Lipinski definition) is 4. The lowest BCUT2D eigenvalue weighted by atomic mass is 10.2. The molecule has 0 amide bonds. The van der Waals surface area contributed by atoms with Crippen molar-refractivity contribution >= 4 is 27.3 Å². The van der Waals surface area contributed by atoms with Crippen molar-refractivity contribution in [3.63, 3.8) is 0 Å². The Balaban J connectivity index is 2.34. The van der Waals surface area contributed by atoms with Gasteiger partial charge < -0.3 is 4.74 Å². The van der Waals surface area contributed by atoms with E-state index >= 15 is 0 Å². The summed E-state index contributed by atoms with van der Waals surface area (Å²) in [6.07, 6.45) is 0.916. The third-order valence-corrected chi connectivity index (χ3v) is 4.93. The molecule has 1 aromatic heterocycles.